The lowest BCUT2D eigenvalue weighted by atomic mass is 9.91. The van der Waals surface area contributed by atoms with Crippen LogP contribution < -0.4 is 15.2 Å². The highest BCUT2D eigenvalue weighted by Crippen LogP contribution is 2.37. The maximum Gasteiger partial charge on any atom is 0.416 e. The standard InChI is InChI=1S/C34H40ClN3O5/c1-25-3-12-32(36)31(23-25)27-13-14-38(34(39)43-30-10-6-28(35)7-11-30)33(24-27)26-4-8-29(9-5-26)42-19-2-18-40-20-15-37-16-21-41-22-17-37/h3-12,23-24,33H,2,13-22,36H2,1H3. The SMILES string of the molecule is Cc1ccc(N)c(C2=CC(c3ccc(OCCCOCCN4CCOCC4)cc3)N(C(=O)Oc3ccc(Cl)cc3)CC2)c1. The van der Waals surface area contributed by atoms with Crippen molar-refractivity contribution >= 4 is 29.0 Å². The van der Waals surface area contributed by atoms with Crippen molar-refractivity contribution in [2.24, 2.45) is 0 Å². The fourth-order valence-corrected chi connectivity index (χ4v) is 5.42. The first-order valence-corrected chi connectivity index (χ1v) is 15.3. The predicted octanol–water partition coefficient (Wildman–Crippen LogP) is 6.38. The summed E-state index contributed by atoms with van der Waals surface area (Å²) in [6.07, 6.45) is 3.16. The molecule has 0 radical (unpaired) electrons. The van der Waals surface area contributed by atoms with Crippen LogP contribution in [0.25, 0.3) is 5.57 Å². The molecule has 1 amide bonds. The number of carbonyl (C=O) groups is 1. The van der Waals surface area contributed by atoms with E-state index >= 15 is 0 Å². The molecule has 0 aliphatic carbocycles. The predicted molar refractivity (Wildman–Crippen MR) is 170 cm³/mol. The summed E-state index contributed by atoms with van der Waals surface area (Å²) in [5.41, 5.74) is 11.3. The van der Waals surface area contributed by atoms with Gasteiger partial charge in [-0.2, -0.15) is 0 Å². The summed E-state index contributed by atoms with van der Waals surface area (Å²) in [6, 6.07) is 20.4. The molecule has 0 aromatic heterocycles. The van der Waals surface area contributed by atoms with E-state index in [1.807, 2.05) is 36.4 Å². The van der Waals surface area contributed by atoms with Crippen molar-refractivity contribution in [3.63, 3.8) is 0 Å². The quantitative estimate of drug-likeness (QED) is 0.200. The highest BCUT2D eigenvalue weighted by Gasteiger charge is 2.30. The largest absolute Gasteiger partial charge is 0.494 e. The van der Waals surface area contributed by atoms with E-state index in [1.54, 1.807) is 29.2 Å². The number of nitrogens with zero attached hydrogens (tertiary/aromatic N) is 2. The van der Waals surface area contributed by atoms with Gasteiger partial charge in [0.1, 0.15) is 11.5 Å². The van der Waals surface area contributed by atoms with Crippen LogP contribution in [0.15, 0.2) is 72.8 Å². The van der Waals surface area contributed by atoms with E-state index < -0.39 is 6.09 Å². The molecule has 5 rings (SSSR count). The first kappa shape index (κ1) is 30.9. The molecule has 8 nitrogen and oxygen atoms in total. The molecular weight excluding hydrogens is 566 g/mol. The van der Waals surface area contributed by atoms with E-state index in [9.17, 15) is 4.79 Å². The van der Waals surface area contributed by atoms with Crippen molar-refractivity contribution < 1.29 is 23.7 Å². The number of nitrogens with two attached hydrogens (primary N) is 1. The normalized spacial score (nSPS) is 17.4. The molecule has 2 aliphatic heterocycles. The number of carbonyl (C=O) groups excluding carboxylic acids is 1. The average molecular weight is 606 g/mol. The van der Waals surface area contributed by atoms with Crippen LogP contribution in [0.1, 0.15) is 35.6 Å². The molecule has 2 heterocycles. The third kappa shape index (κ3) is 8.74. The fraction of sp³-hybridized carbons (Fsp3) is 0.382. The minimum Gasteiger partial charge on any atom is -0.494 e. The molecule has 2 N–H and O–H groups in total. The van der Waals surface area contributed by atoms with E-state index in [4.69, 9.17) is 36.3 Å². The van der Waals surface area contributed by atoms with Gasteiger partial charge in [-0.15, -0.1) is 0 Å². The Kier molecular flexibility index (Phi) is 11.0. The number of hydrogen-bond acceptors (Lipinski definition) is 7. The highest BCUT2D eigenvalue weighted by molar-refractivity contribution is 6.30. The summed E-state index contributed by atoms with van der Waals surface area (Å²) in [5.74, 6) is 1.22. The molecule has 2 aliphatic rings. The van der Waals surface area contributed by atoms with Crippen LogP contribution >= 0.6 is 11.6 Å². The zero-order chi connectivity index (χ0) is 30.0. The Balaban J connectivity index is 1.22. The molecule has 9 heteroatoms. The number of amides is 1. The second kappa shape index (κ2) is 15.3. The third-order valence-electron chi connectivity index (χ3n) is 7.70. The lowest BCUT2D eigenvalue weighted by Gasteiger charge is -2.34. The smallest absolute Gasteiger partial charge is 0.416 e. The van der Waals surface area contributed by atoms with E-state index in [2.05, 4.69) is 24.0 Å². The molecular formula is C34H40ClN3O5. The summed E-state index contributed by atoms with van der Waals surface area (Å²) in [6.45, 7) is 8.97. The van der Waals surface area contributed by atoms with Crippen LogP contribution in [0.2, 0.25) is 5.02 Å². The molecule has 0 bridgehead atoms. The van der Waals surface area contributed by atoms with Gasteiger partial charge < -0.3 is 24.7 Å². The number of anilines is 1. The Morgan fingerprint density at radius 2 is 1.70 bits per heavy atom. The van der Waals surface area contributed by atoms with Gasteiger partial charge in [0.25, 0.3) is 0 Å². The number of ether oxygens (including phenoxy) is 4. The van der Waals surface area contributed by atoms with Crippen molar-refractivity contribution in [1.29, 1.82) is 0 Å². The second-order valence-electron chi connectivity index (χ2n) is 10.8. The Labute approximate surface area is 258 Å². The Bertz CT molecular complexity index is 1370. The van der Waals surface area contributed by atoms with Gasteiger partial charge in [-0.05, 0) is 73.0 Å². The van der Waals surface area contributed by atoms with Crippen molar-refractivity contribution in [2.45, 2.75) is 25.8 Å². The summed E-state index contributed by atoms with van der Waals surface area (Å²) in [4.78, 5) is 17.5. The molecule has 0 spiro atoms. The first-order valence-electron chi connectivity index (χ1n) is 14.9. The van der Waals surface area contributed by atoms with Gasteiger partial charge in [-0.1, -0.05) is 41.4 Å². The number of aryl methyl sites for hydroxylation is 1. The number of hydrogen-bond donors (Lipinski definition) is 1. The molecule has 0 saturated carbocycles. The van der Waals surface area contributed by atoms with Gasteiger partial charge in [-0.25, -0.2) is 4.79 Å². The number of halogens is 1. The van der Waals surface area contributed by atoms with Crippen molar-refractivity contribution in [3.8, 4) is 11.5 Å². The number of morpholine rings is 1. The minimum atomic E-state index is -0.422. The zero-order valence-electron chi connectivity index (χ0n) is 24.7. The van der Waals surface area contributed by atoms with Crippen LogP contribution in [0.5, 0.6) is 11.5 Å². The molecule has 3 aromatic carbocycles. The zero-order valence-corrected chi connectivity index (χ0v) is 25.4. The Hall–Kier alpha value is -3.56. The minimum absolute atomic E-state index is 0.336. The van der Waals surface area contributed by atoms with E-state index in [0.29, 0.717) is 37.0 Å². The lowest BCUT2D eigenvalue weighted by molar-refractivity contribution is 0.0193. The van der Waals surface area contributed by atoms with E-state index in [1.165, 1.54) is 0 Å². The number of nitrogen functional groups attached to an aromatic ring is 1. The summed E-state index contributed by atoms with van der Waals surface area (Å²) >= 11 is 6.01. The molecule has 1 saturated heterocycles. The van der Waals surface area contributed by atoms with Crippen LogP contribution in [-0.4, -0.2) is 75.1 Å². The maximum absolute atomic E-state index is 13.4. The molecule has 1 unspecified atom stereocenters. The molecule has 1 atom stereocenters. The fourth-order valence-electron chi connectivity index (χ4n) is 5.29. The molecule has 43 heavy (non-hydrogen) atoms. The van der Waals surface area contributed by atoms with Gasteiger partial charge in [0.15, 0.2) is 0 Å². The van der Waals surface area contributed by atoms with E-state index in [0.717, 1.165) is 79.6 Å². The van der Waals surface area contributed by atoms with E-state index in [-0.39, 0.29) is 6.04 Å². The van der Waals surface area contributed by atoms with Crippen LogP contribution in [0.3, 0.4) is 0 Å². The topological polar surface area (TPSA) is 86.5 Å². The van der Waals surface area contributed by atoms with Gasteiger partial charge in [0.05, 0.1) is 32.5 Å². The van der Waals surface area contributed by atoms with Gasteiger partial charge in [0.2, 0.25) is 0 Å². The van der Waals surface area contributed by atoms with Crippen LogP contribution in [-0.2, 0) is 9.47 Å². The van der Waals surface area contributed by atoms with Crippen LogP contribution in [0.4, 0.5) is 10.5 Å². The highest BCUT2D eigenvalue weighted by atomic mass is 35.5. The molecule has 228 valence electrons. The molecule has 1 fully saturated rings. The average Bonchev–Trinajstić information content (AvgIpc) is 3.03. The maximum atomic E-state index is 13.4. The summed E-state index contributed by atoms with van der Waals surface area (Å²) in [5, 5.41) is 0.581. The number of rotatable bonds is 11. The van der Waals surface area contributed by atoms with Crippen molar-refractivity contribution in [1.82, 2.24) is 9.80 Å². The van der Waals surface area contributed by atoms with Gasteiger partial charge >= 0.3 is 6.09 Å². The third-order valence-corrected chi connectivity index (χ3v) is 7.96. The number of benzene rings is 3. The first-order chi connectivity index (χ1) is 21.0. The lowest BCUT2D eigenvalue weighted by Crippen LogP contribution is -2.39. The van der Waals surface area contributed by atoms with Crippen molar-refractivity contribution in [2.75, 3.05) is 64.9 Å². The van der Waals surface area contributed by atoms with Gasteiger partial charge in [0, 0.05) is 55.5 Å². The summed E-state index contributed by atoms with van der Waals surface area (Å²) < 4.78 is 22.9. The monoisotopic (exact) mass is 605 g/mol. The molecule has 3 aromatic rings. The Morgan fingerprint density at radius 3 is 2.47 bits per heavy atom. The second-order valence-corrected chi connectivity index (χ2v) is 11.3. The summed E-state index contributed by atoms with van der Waals surface area (Å²) in [7, 11) is 0. The van der Waals surface area contributed by atoms with Crippen molar-refractivity contribution in [3.05, 3.63) is 94.5 Å². The van der Waals surface area contributed by atoms with Gasteiger partial charge in [-0.3, -0.25) is 9.80 Å². The Morgan fingerprint density at radius 1 is 0.953 bits per heavy atom. The van der Waals surface area contributed by atoms with Crippen LogP contribution in [0, 0.1) is 6.92 Å².